The third-order valence-corrected chi connectivity index (χ3v) is 4.58. The average molecular weight is 215 g/mol. The number of rotatable bonds is 3. The quantitative estimate of drug-likeness (QED) is 0.778. The van der Waals surface area contributed by atoms with Gasteiger partial charge >= 0.3 is 0 Å². The molecule has 3 heteroatoms. The van der Waals surface area contributed by atoms with Gasteiger partial charge in [-0.15, -0.1) is 0 Å². The van der Waals surface area contributed by atoms with Crippen molar-refractivity contribution in [2.75, 3.05) is 12.4 Å². The van der Waals surface area contributed by atoms with Crippen LogP contribution in [0.1, 0.15) is 33.1 Å². The number of hydrogen-bond acceptors (Lipinski definition) is 3. The molecule has 4 atom stereocenters. The molecule has 0 radical (unpaired) electrons. The fourth-order valence-corrected chi connectivity index (χ4v) is 3.57. The number of hydrogen-bond donors (Lipinski definition) is 1. The van der Waals surface area contributed by atoms with Crippen LogP contribution in [0, 0.1) is 0 Å². The minimum atomic E-state index is 0.468. The average Bonchev–Trinajstić information content (AvgIpc) is 2.75. The van der Waals surface area contributed by atoms with E-state index in [1.54, 1.807) is 0 Å². The molecular formula is C11H21NOS. The van der Waals surface area contributed by atoms with Crippen LogP contribution in [0.25, 0.3) is 0 Å². The van der Waals surface area contributed by atoms with Gasteiger partial charge in [-0.2, -0.15) is 11.8 Å². The molecule has 4 unspecified atom stereocenters. The molecule has 82 valence electrons. The normalized spacial score (nSPS) is 40.3. The summed E-state index contributed by atoms with van der Waals surface area (Å²) in [6.07, 6.45) is 4.27. The minimum Gasteiger partial charge on any atom is -0.377 e. The van der Waals surface area contributed by atoms with Crippen molar-refractivity contribution in [2.45, 2.75) is 56.5 Å². The predicted molar refractivity (Wildman–Crippen MR) is 61.9 cm³/mol. The molecule has 1 N–H and O–H groups in total. The Bertz CT molecular complexity index is 182. The fourth-order valence-electron chi connectivity index (χ4n) is 2.41. The second-order valence-electron chi connectivity index (χ2n) is 4.58. The Kier molecular flexibility index (Phi) is 3.74. The van der Waals surface area contributed by atoms with E-state index in [1.165, 1.54) is 25.0 Å². The highest BCUT2D eigenvalue weighted by atomic mass is 32.2. The lowest BCUT2D eigenvalue weighted by molar-refractivity contribution is 0.0805. The predicted octanol–water partition coefficient (Wildman–Crippen LogP) is 2.04. The second-order valence-corrected chi connectivity index (χ2v) is 6.05. The zero-order valence-electron chi connectivity index (χ0n) is 9.16. The first-order chi connectivity index (χ1) is 6.75. The van der Waals surface area contributed by atoms with Crippen LogP contribution in [0.3, 0.4) is 0 Å². The molecule has 0 bridgehead atoms. The third-order valence-electron chi connectivity index (χ3n) is 3.22. The van der Waals surface area contributed by atoms with Crippen LogP contribution in [-0.4, -0.2) is 35.8 Å². The Labute approximate surface area is 91.2 Å². The van der Waals surface area contributed by atoms with E-state index in [1.807, 2.05) is 0 Å². The summed E-state index contributed by atoms with van der Waals surface area (Å²) in [5, 5.41) is 4.54. The molecule has 0 aromatic carbocycles. The second kappa shape index (κ2) is 4.86. The summed E-state index contributed by atoms with van der Waals surface area (Å²) < 4.78 is 5.68. The molecule has 2 aliphatic rings. The molecule has 0 spiro atoms. The first kappa shape index (κ1) is 10.8. The Hall–Kier alpha value is 0.270. The van der Waals surface area contributed by atoms with Gasteiger partial charge < -0.3 is 10.1 Å². The van der Waals surface area contributed by atoms with Gasteiger partial charge in [0, 0.05) is 29.7 Å². The maximum absolute atomic E-state index is 5.68. The molecule has 2 heterocycles. The summed E-state index contributed by atoms with van der Waals surface area (Å²) in [7, 11) is 0. The van der Waals surface area contributed by atoms with Crippen molar-refractivity contribution in [1.82, 2.24) is 5.32 Å². The molecule has 0 amide bonds. The maximum atomic E-state index is 5.68. The molecule has 14 heavy (non-hydrogen) atoms. The molecule has 0 saturated carbocycles. The highest BCUT2D eigenvalue weighted by Gasteiger charge is 2.27. The lowest BCUT2D eigenvalue weighted by Crippen LogP contribution is -2.43. The number of thioether (sulfide) groups is 1. The smallest absolute Gasteiger partial charge is 0.0726 e. The van der Waals surface area contributed by atoms with Gasteiger partial charge in [-0.3, -0.25) is 0 Å². The summed E-state index contributed by atoms with van der Waals surface area (Å²) in [6.45, 7) is 5.55. The summed E-state index contributed by atoms with van der Waals surface area (Å²) >= 11 is 2.09. The van der Waals surface area contributed by atoms with Crippen LogP contribution in [0.15, 0.2) is 0 Å². The third kappa shape index (κ3) is 2.65. The van der Waals surface area contributed by atoms with Gasteiger partial charge in [0.1, 0.15) is 0 Å². The molecular weight excluding hydrogens is 194 g/mol. The number of ether oxygens (including phenoxy) is 1. The van der Waals surface area contributed by atoms with Crippen LogP contribution in [0.4, 0.5) is 0 Å². The zero-order chi connectivity index (χ0) is 9.97. The van der Waals surface area contributed by atoms with E-state index in [-0.39, 0.29) is 0 Å². The van der Waals surface area contributed by atoms with E-state index < -0.39 is 0 Å². The number of nitrogens with one attached hydrogen (secondary N) is 1. The van der Waals surface area contributed by atoms with Gasteiger partial charge in [0.15, 0.2) is 0 Å². The van der Waals surface area contributed by atoms with Crippen LogP contribution in [-0.2, 0) is 4.74 Å². The Balaban J connectivity index is 1.73. The van der Waals surface area contributed by atoms with Gasteiger partial charge in [0.05, 0.1) is 6.10 Å². The van der Waals surface area contributed by atoms with Gasteiger partial charge in [0.25, 0.3) is 0 Å². The standard InChI is InChI=1S/C11H21NOS/c1-8-6-10(7-14-8)12-9(2)11-4-3-5-13-11/h8-12H,3-7H2,1-2H3. The van der Waals surface area contributed by atoms with Crippen LogP contribution >= 0.6 is 11.8 Å². The van der Waals surface area contributed by atoms with E-state index in [0.29, 0.717) is 18.2 Å². The van der Waals surface area contributed by atoms with Crippen molar-refractivity contribution in [3.8, 4) is 0 Å². The van der Waals surface area contributed by atoms with Crippen molar-refractivity contribution in [3.05, 3.63) is 0 Å². The lowest BCUT2D eigenvalue weighted by atomic mass is 10.1. The summed E-state index contributed by atoms with van der Waals surface area (Å²) in [6, 6.07) is 1.25. The van der Waals surface area contributed by atoms with Gasteiger partial charge in [-0.05, 0) is 26.2 Å². The molecule has 0 aromatic rings. The van der Waals surface area contributed by atoms with Crippen molar-refractivity contribution >= 4 is 11.8 Å². The van der Waals surface area contributed by atoms with E-state index in [2.05, 4.69) is 30.9 Å². The Morgan fingerprint density at radius 1 is 1.50 bits per heavy atom. The molecule has 0 aliphatic carbocycles. The van der Waals surface area contributed by atoms with E-state index in [4.69, 9.17) is 4.74 Å². The SMILES string of the molecule is CC1CC(NC(C)C2CCCO2)CS1. The molecule has 2 rings (SSSR count). The van der Waals surface area contributed by atoms with E-state index in [0.717, 1.165) is 11.9 Å². The topological polar surface area (TPSA) is 21.3 Å². The fraction of sp³-hybridized carbons (Fsp3) is 1.00. The van der Waals surface area contributed by atoms with E-state index in [9.17, 15) is 0 Å². The molecule has 2 aliphatic heterocycles. The largest absolute Gasteiger partial charge is 0.377 e. The summed E-state index contributed by atoms with van der Waals surface area (Å²) in [4.78, 5) is 0. The molecule has 2 fully saturated rings. The van der Waals surface area contributed by atoms with Crippen LogP contribution in [0.5, 0.6) is 0 Å². The molecule has 2 saturated heterocycles. The Morgan fingerprint density at radius 2 is 2.36 bits per heavy atom. The van der Waals surface area contributed by atoms with Gasteiger partial charge in [-0.25, -0.2) is 0 Å². The highest BCUT2D eigenvalue weighted by molar-refractivity contribution is 8.00. The van der Waals surface area contributed by atoms with Crippen LogP contribution < -0.4 is 5.32 Å². The van der Waals surface area contributed by atoms with Gasteiger partial charge in [0.2, 0.25) is 0 Å². The minimum absolute atomic E-state index is 0.468. The van der Waals surface area contributed by atoms with Crippen molar-refractivity contribution in [1.29, 1.82) is 0 Å². The highest BCUT2D eigenvalue weighted by Crippen LogP contribution is 2.27. The van der Waals surface area contributed by atoms with Crippen molar-refractivity contribution in [2.24, 2.45) is 0 Å². The van der Waals surface area contributed by atoms with Crippen LogP contribution in [0.2, 0.25) is 0 Å². The monoisotopic (exact) mass is 215 g/mol. The maximum Gasteiger partial charge on any atom is 0.0726 e. The van der Waals surface area contributed by atoms with E-state index >= 15 is 0 Å². The Morgan fingerprint density at radius 3 is 2.93 bits per heavy atom. The van der Waals surface area contributed by atoms with Crippen molar-refractivity contribution in [3.63, 3.8) is 0 Å². The lowest BCUT2D eigenvalue weighted by Gasteiger charge is -2.23. The zero-order valence-corrected chi connectivity index (χ0v) is 9.98. The van der Waals surface area contributed by atoms with Crippen molar-refractivity contribution < 1.29 is 4.74 Å². The first-order valence-corrected chi connectivity index (χ1v) is 6.80. The first-order valence-electron chi connectivity index (χ1n) is 5.75. The summed E-state index contributed by atoms with van der Waals surface area (Å²) in [5.41, 5.74) is 0. The summed E-state index contributed by atoms with van der Waals surface area (Å²) in [5.74, 6) is 1.28. The molecule has 2 nitrogen and oxygen atoms in total. The van der Waals surface area contributed by atoms with Gasteiger partial charge in [-0.1, -0.05) is 6.92 Å². The molecule has 0 aromatic heterocycles.